The Morgan fingerprint density at radius 3 is 2.31 bits per heavy atom. The molecule has 0 aliphatic heterocycles. The number of esters is 1. The zero-order valence-electron chi connectivity index (χ0n) is 11.3. The third-order valence-electron chi connectivity index (χ3n) is 2.05. The fourth-order valence-electron chi connectivity index (χ4n) is 1.26. The number of ether oxygens (including phenoxy) is 2. The van der Waals surface area contributed by atoms with Crippen molar-refractivity contribution >= 4 is 5.97 Å². The first-order valence-corrected chi connectivity index (χ1v) is 5.74. The Hall–Kier alpha value is -0.610. The van der Waals surface area contributed by atoms with Gasteiger partial charge in [-0.2, -0.15) is 0 Å². The maximum Gasteiger partial charge on any atom is 0.323 e. The van der Waals surface area contributed by atoms with E-state index in [0.29, 0.717) is 6.61 Å². The Bertz CT molecular complexity index is 211. The predicted molar refractivity (Wildman–Crippen MR) is 64.4 cm³/mol. The van der Waals surface area contributed by atoms with E-state index in [0.717, 1.165) is 6.42 Å². The van der Waals surface area contributed by atoms with Crippen molar-refractivity contribution in [2.24, 2.45) is 0 Å². The fourth-order valence-corrected chi connectivity index (χ4v) is 1.26. The summed E-state index contributed by atoms with van der Waals surface area (Å²) < 4.78 is 10.3. The highest BCUT2D eigenvalue weighted by Crippen LogP contribution is 2.08. The van der Waals surface area contributed by atoms with Gasteiger partial charge in [0, 0.05) is 19.8 Å². The standard InChI is InChI=1S/C12H25NO3/c1-9(7-8-15-6)13-10(2)11(14)16-12(3,4)5/h9-10,13H,7-8H2,1-6H3/t9?,10-/m1/s1. The van der Waals surface area contributed by atoms with Crippen molar-refractivity contribution in [3.8, 4) is 0 Å². The van der Waals surface area contributed by atoms with Crippen LogP contribution in [0.25, 0.3) is 0 Å². The van der Waals surface area contributed by atoms with Crippen molar-refractivity contribution in [2.75, 3.05) is 13.7 Å². The molecule has 0 aliphatic carbocycles. The van der Waals surface area contributed by atoms with Crippen LogP contribution in [0.1, 0.15) is 41.0 Å². The maximum absolute atomic E-state index is 11.7. The van der Waals surface area contributed by atoms with E-state index in [1.807, 2.05) is 34.6 Å². The Labute approximate surface area is 98.7 Å². The number of carbonyl (C=O) groups excluding carboxylic acids is 1. The minimum Gasteiger partial charge on any atom is -0.459 e. The molecule has 0 saturated carbocycles. The zero-order chi connectivity index (χ0) is 12.8. The molecule has 0 aromatic rings. The van der Waals surface area contributed by atoms with Gasteiger partial charge in [0.1, 0.15) is 11.6 Å². The summed E-state index contributed by atoms with van der Waals surface area (Å²) in [7, 11) is 1.67. The smallest absolute Gasteiger partial charge is 0.323 e. The first kappa shape index (κ1) is 15.4. The van der Waals surface area contributed by atoms with Gasteiger partial charge in [-0.05, 0) is 41.0 Å². The second-order valence-corrected chi connectivity index (χ2v) is 5.10. The van der Waals surface area contributed by atoms with Crippen LogP contribution in [0.15, 0.2) is 0 Å². The largest absolute Gasteiger partial charge is 0.459 e. The molecule has 0 bridgehead atoms. The molecule has 0 aromatic carbocycles. The highest BCUT2D eigenvalue weighted by Gasteiger charge is 2.22. The van der Waals surface area contributed by atoms with Gasteiger partial charge in [0.15, 0.2) is 0 Å². The summed E-state index contributed by atoms with van der Waals surface area (Å²) >= 11 is 0. The second kappa shape index (κ2) is 6.86. The summed E-state index contributed by atoms with van der Waals surface area (Å²) in [6.45, 7) is 10.1. The molecule has 4 nitrogen and oxygen atoms in total. The molecular formula is C12H25NO3. The summed E-state index contributed by atoms with van der Waals surface area (Å²) in [4.78, 5) is 11.7. The van der Waals surface area contributed by atoms with Crippen LogP contribution in [0.4, 0.5) is 0 Å². The molecule has 0 fully saturated rings. The molecule has 1 unspecified atom stereocenters. The van der Waals surface area contributed by atoms with Crippen LogP contribution >= 0.6 is 0 Å². The monoisotopic (exact) mass is 231 g/mol. The molecule has 1 N–H and O–H groups in total. The van der Waals surface area contributed by atoms with E-state index < -0.39 is 5.60 Å². The van der Waals surface area contributed by atoms with Crippen LogP contribution in [0, 0.1) is 0 Å². The Kier molecular flexibility index (Phi) is 6.60. The number of rotatable bonds is 6. The average Bonchev–Trinajstić information content (AvgIpc) is 2.11. The summed E-state index contributed by atoms with van der Waals surface area (Å²) in [5, 5.41) is 3.18. The molecule has 0 aliphatic rings. The average molecular weight is 231 g/mol. The summed E-state index contributed by atoms with van der Waals surface area (Å²) in [5.41, 5.74) is -0.428. The molecule has 96 valence electrons. The first-order chi connectivity index (χ1) is 7.26. The Balaban J connectivity index is 3.95. The molecule has 2 atom stereocenters. The quantitative estimate of drug-likeness (QED) is 0.707. The molecular weight excluding hydrogens is 206 g/mol. The SMILES string of the molecule is COCCC(C)N[C@H](C)C(=O)OC(C)(C)C. The lowest BCUT2D eigenvalue weighted by molar-refractivity contribution is -0.157. The third kappa shape index (κ3) is 7.65. The van der Waals surface area contributed by atoms with E-state index in [9.17, 15) is 4.79 Å². The van der Waals surface area contributed by atoms with Crippen LogP contribution in [-0.4, -0.2) is 37.4 Å². The molecule has 0 radical (unpaired) electrons. The number of hydrogen-bond donors (Lipinski definition) is 1. The van der Waals surface area contributed by atoms with Gasteiger partial charge in [-0.1, -0.05) is 0 Å². The van der Waals surface area contributed by atoms with E-state index >= 15 is 0 Å². The van der Waals surface area contributed by atoms with Gasteiger partial charge in [-0.25, -0.2) is 0 Å². The van der Waals surface area contributed by atoms with Crippen LogP contribution in [0.3, 0.4) is 0 Å². The fraction of sp³-hybridized carbons (Fsp3) is 0.917. The second-order valence-electron chi connectivity index (χ2n) is 5.10. The van der Waals surface area contributed by atoms with Crippen molar-refractivity contribution in [3.05, 3.63) is 0 Å². The number of nitrogens with one attached hydrogen (secondary N) is 1. The molecule has 0 heterocycles. The van der Waals surface area contributed by atoms with Crippen molar-refractivity contribution in [1.29, 1.82) is 0 Å². The summed E-state index contributed by atoms with van der Waals surface area (Å²) in [6.07, 6.45) is 0.879. The van der Waals surface area contributed by atoms with E-state index in [4.69, 9.17) is 9.47 Å². The first-order valence-electron chi connectivity index (χ1n) is 5.74. The molecule has 0 spiro atoms. The normalized spacial score (nSPS) is 15.6. The molecule has 0 rings (SSSR count). The van der Waals surface area contributed by atoms with Gasteiger partial charge in [0.05, 0.1) is 0 Å². The molecule has 0 saturated heterocycles. The Morgan fingerprint density at radius 2 is 1.88 bits per heavy atom. The number of carbonyl (C=O) groups is 1. The molecule has 0 amide bonds. The van der Waals surface area contributed by atoms with E-state index in [-0.39, 0.29) is 18.1 Å². The summed E-state index contributed by atoms with van der Waals surface area (Å²) in [6, 6.07) is -0.0476. The highest BCUT2D eigenvalue weighted by molar-refractivity contribution is 5.75. The lowest BCUT2D eigenvalue weighted by Gasteiger charge is -2.24. The minimum atomic E-state index is -0.428. The van der Waals surface area contributed by atoms with E-state index in [1.165, 1.54) is 0 Å². The highest BCUT2D eigenvalue weighted by atomic mass is 16.6. The molecule has 16 heavy (non-hydrogen) atoms. The van der Waals surface area contributed by atoms with Crippen molar-refractivity contribution in [3.63, 3.8) is 0 Å². The Morgan fingerprint density at radius 1 is 1.31 bits per heavy atom. The van der Waals surface area contributed by atoms with Gasteiger partial charge < -0.3 is 14.8 Å². The number of hydrogen-bond acceptors (Lipinski definition) is 4. The van der Waals surface area contributed by atoms with Crippen molar-refractivity contribution in [2.45, 2.75) is 58.7 Å². The van der Waals surface area contributed by atoms with Gasteiger partial charge >= 0.3 is 5.97 Å². The van der Waals surface area contributed by atoms with Gasteiger partial charge in [0.2, 0.25) is 0 Å². The van der Waals surface area contributed by atoms with Crippen molar-refractivity contribution < 1.29 is 14.3 Å². The lowest BCUT2D eigenvalue weighted by atomic mass is 10.2. The van der Waals surface area contributed by atoms with Crippen LogP contribution < -0.4 is 5.32 Å². The minimum absolute atomic E-state index is 0.211. The molecule has 0 aromatic heterocycles. The van der Waals surface area contributed by atoms with E-state index in [1.54, 1.807) is 7.11 Å². The van der Waals surface area contributed by atoms with E-state index in [2.05, 4.69) is 5.32 Å². The number of methoxy groups -OCH3 is 1. The molecule has 4 heteroatoms. The van der Waals surface area contributed by atoms with Crippen molar-refractivity contribution in [1.82, 2.24) is 5.32 Å². The van der Waals surface area contributed by atoms with Crippen LogP contribution in [0.2, 0.25) is 0 Å². The van der Waals surface area contributed by atoms with Gasteiger partial charge in [-0.15, -0.1) is 0 Å². The topological polar surface area (TPSA) is 47.6 Å². The predicted octanol–water partition coefficient (Wildman–Crippen LogP) is 1.73. The van der Waals surface area contributed by atoms with Gasteiger partial charge in [0.25, 0.3) is 0 Å². The zero-order valence-corrected chi connectivity index (χ0v) is 11.3. The maximum atomic E-state index is 11.7. The van der Waals surface area contributed by atoms with Gasteiger partial charge in [-0.3, -0.25) is 4.79 Å². The van der Waals surface area contributed by atoms with Crippen LogP contribution in [-0.2, 0) is 14.3 Å². The lowest BCUT2D eigenvalue weighted by Crippen LogP contribution is -2.43. The summed E-state index contributed by atoms with van der Waals surface area (Å²) in [5.74, 6) is -0.211. The third-order valence-corrected chi connectivity index (χ3v) is 2.05. The van der Waals surface area contributed by atoms with Crippen LogP contribution in [0.5, 0.6) is 0 Å².